The number of hydrogen-bond acceptors (Lipinski definition) is 15. The number of anilines is 2. The van der Waals surface area contributed by atoms with Crippen LogP contribution in [0.15, 0.2) is 259 Å². The Morgan fingerprint density at radius 3 is 0.824 bits per heavy atom. The van der Waals surface area contributed by atoms with Gasteiger partial charge in [0.2, 0.25) is 0 Å². The molecule has 0 saturated heterocycles. The fourth-order valence-electron chi connectivity index (χ4n) is 13.5. The molecular formula is C78H60N21P3. The highest BCUT2D eigenvalue weighted by molar-refractivity contribution is 8.02. The number of fused-ring (bicyclic) bond motifs is 6. The van der Waals surface area contributed by atoms with E-state index in [1.54, 1.807) is 14.4 Å². The third-order valence-electron chi connectivity index (χ3n) is 18.4. The molecule has 12 aromatic carbocycles. The quantitative estimate of drug-likeness (QED) is 0.104. The third kappa shape index (κ3) is 10.2. The number of benzene rings is 12. The minimum atomic E-state index is -4.11. The number of rotatable bonds is 12. The topological polar surface area (TPSA) is 203 Å². The van der Waals surface area contributed by atoms with Gasteiger partial charge in [-0.2, -0.15) is 0 Å². The van der Waals surface area contributed by atoms with Crippen molar-refractivity contribution in [3.05, 3.63) is 288 Å². The van der Waals surface area contributed by atoms with Crippen LogP contribution in [0.2, 0.25) is 0 Å². The monoisotopic (exact) mass is 1380 g/mol. The van der Waals surface area contributed by atoms with Gasteiger partial charge in [0.1, 0.15) is 93.0 Å². The first kappa shape index (κ1) is 60.9. The molecule has 0 radical (unpaired) electrons. The van der Waals surface area contributed by atoms with E-state index in [1.807, 2.05) is 160 Å². The molecule has 24 heteroatoms. The van der Waals surface area contributed by atoms with E-state index in [2.05, 4.69) is 160 Å². The maximum absolute atomic E-state index is 7.18. The van der Waals surface area contributed by atoms with E-state index in [0.717, 1.165) is 149 Å². The average Bonchev–Trinajstić information content (AvgIpc) is 0.772. The zero-order valence-electron chi connectivity index (χ0n) is 56.0. The van der Waals surface area contributed by atoms with E-state index in [0.29, 0.717) is 17.1 Å². The Morgan fingerprint density at radius 1 is 0.235 bits per heavy atom. The number of aromatic nitrogens is 18. The summed E-state index contributed by atoms with van der Waals surface area (Å²) in [5.74, 6) is 0. The molecule has 0 amide bonds. The number of nitrogens with zero attached hydrogens (tertiary/aromatic N) is 21. The fraction of sp³-hybridized carbons (Fsp3) is 0.0769. The lowest BCUT2D eigenvalue weighted by molar-refractivity contribution is 0.764. The standard InChI is InChI=1S/C78H60N21P3/c1-49-31-37-67(69(43-49)92-79-55-19-7-8-20-56(55)80-92)98-100(75-39-33-51(3)45-71(75)94-83-59-23-11-12-24-60(59)84-94)91-102(77-41-35-53(5)47-73(77)96-87-63-27-15-16-28-64(63)88-96,78-42-36-54(6)48-74(78)97-89-65-29-17-18-30-66(65)90-97)99(68-38-32-50(2)44-70(68)93-81-57-21-9-10-22-58(57)82-93)101(98)76-40-34-52(4)46-72(76)95-85-61-25-13-14-26-62(61)86-95/h7-48H,1-6H3. The summed E-state index contributed by atoms with van der Waals surface area (Å²) in [5.41, 5.74) is 20.6. The Kier molecular flexibility index (Phi) is 14.3. The molecule has 21 nitrogen and oxygen atoms in total. The van der Waals surface area contributed by atoms with Crippen LogP contribution in [0.4, 0.5) is 11.4 Å². The maximum atomic E-state index is 7.18. The van der Waals surface area contributed by atoms with Crippen molar-refractivity contribution in [1.82, 2.24) is 90.0 Å². The maximum Gasteiger partial charge on any atom is 0.157 e. The largest absolute Gasteiger partial charge is 0.285 e. The Hall–Kier alpha value is -12.3. The zero-order valence-corrected chi connectivity index (χ0v) is 58.7. The van der Waals surface area contributed by atoms with Crippen LogP contribution >= 0.6 is 23.7 Å². The predicted molar refractivity (Wildman–Crippen MR) is 408 cm³/mol. The second-order valence-corrected chi connectivity index (χ2v) is 32.9. The van der Waals surface area contributed by atoms with Crippen molar-refractivity contribution >= 4 is 122 Å². The summed E-state index contributed by atoms with van der Waals surface area (Å²) in [4.78, 5) is 10.8. The van der Waals surface area contributed by atoms with Crippen LogP contribution in [0, 0.1) is 41.5 Å². The van der Waals surface area contributed by atoms with Gasteiger partial charge in [-0.25, -0.2) is 4.52 Å². The zero-order chi connectivity index (χ0) is 68.5. The van der Waals surface area contributed by atoms with Gasteiger partial charge in [0.15, 0.2) is 8.22 Å². The third-order valence-corrected chi connectivity index (χ3v) is 28.6. The SMILES string of the molecule is Cc1ccc(N2P(c3ccc(C)cc3-n3nc4ccccc4n3)N=P(c3ccc(C)cc3-n3nc4ccccc4n3)(c3ccc(C)cc3-n3nc4ccccc4n3)N(c3ccc(C)cc3-n3nc4ccccc4n3)P2c2ccc(C)cc2-n2nc3ccccc3n2)c(-n2nc3ccccc3n2)c1. The first-order valence-corrected chi connectivity index (χ1v) is 37.5. The van der Waals surface area contributed by atoms with Crippen molar-refractivity contribution in [2.24, 2.45) is 4.52 Å². The van der Waals surface area contributed by atoms with Crippen LogP contribution in [0.25, 0.3) is 100 Å². The van der Waals surface area contributed by atoms with Gasteiger partial charge in [0.05, 0.1) is 34.1 Å². The molecule has 0 fully saturated rings. The van der Waals surface area contributed by atoms with E-state index >= 15 is 0 Å². The molecule has 1 aliphatic heterocycles. The van der Waals surface area contributed by atoms with Crippen molar-refractivity contribution < 1.29 is 0 Å². The van der Waals surface area contributed by atoms with Crippen LogP contribution < -0.4 is 30.1 Å². The fourth-order valence-corrected chi connectivity index (χ4v) is 26.3. The lowest BCUT2D eigenvalue weighted by Crippen LogP contribution is -2.43. The normalized spacial score (nSPS) is 14.7. The summed E-state index contributed by atoms with van der Waals surface area (Å²) in [5, 5.41) is 68.2. The lowest BCUT2D eigenvalue weighted by atomic mass is 10.2. The van der Waals surface area contributed by atoms with Gasteiger partial charge in [-0.15, -0.1) is 90.0 Å². The van der Waals surface area contributed by atoms with Crippen LogP contribution in [0.5, 0.6) is 0 Å². The molecule has 2 unspecified atom stereocenters. The van der Waals surface area contributed by atoms with Gasteiger partial charge < -0.3 is 0 Å². The minimum Gasteiger partial charge on any atom is -0.285 e. The Morgan fingerprint density at radius 2 is 0.480 bits per heavy atom. The minimum absolute atomic E-state index is 0.696. The van der Waals surface area contributed by atoms with E-state index in [1.165, 1.54) is 0 Å². The van der Waals surface area contributed by atoms with Gasteiger partial charge in [-0.3, -0.25) is 8.88 Å². The summed E-state index contributed by atoms with van der Waals surface area (Å²) >= 11 is 0. The molecule has 19 rings (SSSR count). The summed E-state index contributed by atoms with van der Waals surface area (Å²) in [6.07, 6.45) is 0. The Balaban J connectivity index is 1.07. The van der Waals surface area contributed by atoms with E-state index in [9.17, 15) is 0 Å². The molecule has 0 N–H and O–H groups in total. The molecule has 18 aromatic rings. The highest BCUT2D eigenvalue weighted by Crippen LogP contribution is 2.79. The van der Waals surface area contributed by atoms with Crippen molar-refractivity contribution in [2.45, 2.75) is 41.5 Å². The molecule has 6 aromatic heterocycles. The van der Waals surface area contributed by atoms with E-state index < -0.39 is 23.7 Å². The van der Waals surface area contributed by atoms with Gasteiger partial charge in [0.25, 0.3) is 0 Å². The molecule has 1 aliphatic rings. The van der Waals surface area contributed by atoms with Crippen LogP contribution in [-0.4, -0.2) is 90.0 Å². The van der Waals surface area contributed by atoms with Gasteiger partial charge in [-0.1, -0.05) is 109 Å². The molecule has 0 aliphatic carbocycles. The summed E-state index contributed by atoms with van der Waals surface area (Å²) < 4.78 is 12.4. The molecule has 0 spiro atoms. The van der Waals surface area contributed by atoms with Crippen LogP contribution in [-0.2, 0) is 0 Å². The van der Waals surface area contributed by atoms with Crippen molar-refractivity contribution in [3.8, 4) is 34.1 Å². The second-order valence-electron chi connectivity index (χ2n) is 25.7. The lowest BCUT2D eigenvalue weighted by Gasteiger charge is -2.54. The Labute approximate surface area is 586 Å². The molecule has 102 heavy (non-hydrogen) atoms. The smallest absolute Gasteiger partial charge is 0.157 e. The molecule has 0 saturated carbocycles. The summed E-state index contributed by atoms with van der Waals surface area (Å²) in [7, 11) is -8.61. The Bertz CT molecular complexity index is 6150. The van der Waals surface area contributed by atoms with E-state index in [4.69, 9.17) is 65.7 Å². The van der Waals surface area contributed by atoms with E-state index in [-0.39, 0.29) is 0 Å². The van der Waals surface area contributed by atoms with Crippen molar-refractivity contribution in [1.29, 1.82) is 0 Å². The molecule has 492 valence electrons. The second kappa shape index (κ2) is 24.0. The molecule has 0 bridgehead atoms. The molecule has 7 heterocycles. The van der Waals surface area contributed by atoms with Crippen molar-refractivity contribution in [3.63, 3.8) is 0 Å². The number of hydrogen-bond donors (Lipinski definition) is 0. The summed E-state index contributed by atoms with van der Waals surface area (Å²) in [6, 6.07) is 87.8. The first-order chi connectivity index (χ1) is 49.9. The number of aryl methyl sites for hydroxylation is 6. The van der Waals surface area contributed by atoms with Crippen molar-refractivity contribution in [2.75, 3.05) is 8.88 Å². The molecule has 2 atom stereocenters. The first-order valence-electron chi connectivity index (χ1n) is 33.4. The van der Waals surface area contributed by atoms with Gasteiger partial charge in [0, 0.05) is 21.2 Å². The molecular weight excluding hydrogens is 1320 g/mol. The van der Waals surface area contributed by atoms with Crippen LogP contribution in [0.3, 0.4) is 0 Å². The predicted octanol–water partition coefficient (Wildman–Crippen LogP) is 15.3. The summed E-state index contributed by atoms with van der Waals surface area (Å²) in [6.45, 7) is 12.7. The van der Waals surface area contributed by atoms with Crippen LogP contribution in [0.1, 0.15) is 33.4 Å². The highest BCUT2D eigenvalue weighted by atomic mass is 31.3. The van der Waals surface area contributed by atoms with Gasteiger partial charge >= 0.3 is 0 Å². The highest BCUT2D eigenvalue weighted by Gasteiger charge is 2.53. The average molecular weight is 1380 g/mol. The van der Waals surface area contributed by atoms with Gasteiger partial charge in [-0.05, 0) is 221 Å².